The number of allylic oxidation sites excluding steroid dienone is 8. The zero-order valence-electron chi connectivity index (χ0n) is 46.4. The van der Waals surface area contributed by atoms with Gasteiger partial charge in [-0.1, -0.05) is 236 Å². The van der Waals surface area contributed by atoms with Gasteiger partial charge in [-0.2, -0.15) is 0 Å². The van der Waals surface area contributed by atoms with E-state index in [9.17, 15) is 28.9 Å². The molecule has 3 unspecified atom stereocenters. The van der Waals surface area contributed by atoms with E-state index in [0.717, 1.165) is 109 Å². The molecular weight excluding hydrogens is 928 g/mol. The van der Waals surface area contributed by atoms with E-state index in [-0.39, 0.29) is 25.9 Å². The van der Waals surface area contributed by atoms with Crippen molar-refractivity contribution in [2.75, 3.05) is 26.4 Å². The SMILES string of the molecule is CC/C=C\C/C=C\C/C=C\CCCCCCCCCC(=O)OC(COC(=O)CCCCCCCCCCCCCCCCCCC)COP(=O)(O)OCC(CO)OC(=O)CCCCCCC/C=C\CCCC. The summed E-state index contributed by atoms with van der Waals surface area (Å²) in [5.41, 5.74) is 0. The molecule has 0 aliphatic rings. The average molecular weight is 1040 g/mol. The summed E-state index contributed by atoms with van der Waals surface area (Å²) in [7, 11) is -4.75. The number of phosphoric acid groups is 1. The van der Waals surface area contributed by atoms with Gasteiger partial charge >= 0.3 is 25.7 Å². The Labute approximate surface area is 441 Å². The minimum atomic E-state index is -4.75. The van der Waals surface area contributed by atoms with Gasteiger partial charge in [-0.25, -0.2) is 4.57 Å². The number of aliphatic hydroxyl groups is 1. The summed E-state index contributed by atoms with van der Waals surface area (Å²) in [5, 5.41) is 9.79. The lowest BCUT2D eigenvalue weighted by Crippen LogP contribution is -2.30. The molecule has 0 fully saturated rings. The van der Waals surface area contributed by atoms with Crippen molar-refractivity contribution in [3.63, 3.8) is 0 Å². The van der Waals surface area contributed by atoms with Gasteiger partial charge in [-0.15, -0.1) is 0 Å². The maximum Gasteiger partial charge on any atom is 0.472 e. The predicted octanol–water partition coefficient (Wildman–Crippen LogP) is 17.4. The van der Waals surface area contributed by atoms with E-state index in [2.05, 4.69) is 69.4 Å². The number of carbonyl (C=O) groups excluding carboxylic acids is 3. The predicted molar refractivity (Wildman–Crippen MR) is 298 cm³/mol. The number of esters is 3. The quantitative estimate of drug-likeness (QED) is 0.0197. The van der Waals surface area contributed by atoms with Crippen molar-refractivity contribution in [1.82, 2.24) is 0 Å². The molecule has 12 heteroatoms. The van der Waals surface area contributed by atoms with E-state index in [1.165, 1.54) is 109 Å². The summed E-state index contributed by atoms with van der Waals surface area (Å²) in [5.74, 6) is -1.47. The van der Waals surface area contributed by atoms with Crippen LogP contribution in [0.25, 0.3) is 0 Å². The number of carbonyl (C=O) groups is 3. The van der Waals surface area contributed by atoms with Crippen LogP contribution in [0.2, 0.25) is 0 Å². The summed E-state index contributed by atoms with van der Waals surface area (Å²) in [6.45, 7) is 4.51. The lowest BCUT2D eigenvalue weighted by molar-refractivity contribution is -0.161. The first kappa shape index (κ1) is 69.4. The smallest absolute Gasteiger partial charge is 0.462 e. The fraction of sp³-hybridized carbons (Fsp3) is 0.817. The molecule has 11 nitrogen and oxygen atoms in total. The van der Waals surface area contributed by atoms with Crippen molar-refractivity contribution in [3.05, 3.63) is 48.6 Å². The Hall–Kier alpha value is -2.56. The number of hydrogen-bond donors (Lipinski definition) is 2. The first-order chi connectivity index (χ1) is 35.2. The molecule has 0 aromatic carbocycles. The van der Waals surface area contributed by atoms with Crippen LogP contribution in [0, 0.1) is 0 Å². The van der Waals surface area contributed by atoms with Gasteiger partial charge in [-0.05, 0) is 70.6 Å². The van der Waals surface area contributed by atoms with Crippen LogP contribution in [-0.2, 0) is 42.2 Å². The van der Waals surface area contributed by atoms with Crippen LogP contribution in [0.5, 0.6) is 0 Å². The molecule has 0 radical (unpaired) electrons. The molecular formula is C60H109O11P. The minimum Gasteiger partial charge on any atom is -0.462 e. The third-order valence-electron chi connectivity index (χ3n) is 12.7. The molecule has 0 saturated heterocycles. The molecule has 72 heavy (non-hydrogen) atoms. The van der Waals surface area contributed by atoms with Crippen LogP contribution >= 0.6 is 7.82 Å². The molecule has 0 aliphatic carbocycles. The number of hydrogen-bond acceptors (Lipinski definition) is 10. The van der Waals surface area contributed by atoms with E-state index in [4.69, 9.17) is 23.3 Å². The van der Waals surface area contributed by atoms with Crippen LogP contribution < -0.4 is 0 Å². The van der Waals surface area contributed by atoms with E-state index >= 15 is 0 Å². The summed E-state index contributed by atoms with van der Waals surface area (Å²) in [6.07, 6.45) is 57.8. The van der Waals surface area contributed by atoms with Gasteiger partial charge in [0.25, 0.3) is 0 Å². The van der Waals surface area contributed by atoms with Crippen LogP contribution in [0.1, 0.15) is 278 Å². The Morgan fingerprint density at radius 2 is 0.736 bits per heavy atom. The van der Waals surface area contributed by atoms with E-state index in [1.807, 2.05) is 0 Å². The van der Waals surface area contributed by atoms with Crippen molar-refractivity contribution in [2.45, 2.75) is 290 Å². The van der Waals surface area contributed by atoms with E-state index in [1.54, 1.807) is 0 Å². The van der Waals surface area contributed by atoms with E-state index < -0.39 is 57.8 Å². The third-order valence-corrected chi connectivity index (χ3v) is 13.7. The monoisotopic (exact) mass is 1040 g/mol. The van der Waals surface area contributed by atoms with Gasteiger partial charge < -0.3 is 24.2 Å². The topological polar surface area (TPSA) is 155 Å². The normalized spacial score (nSPS) is 13.7. The highest BCUT2D eigenvalue weighted by molar-refractivity contribution is 7.47. The highest BCUT2D eigenvalue weighted by Gasteiger charge is 2.28. The second-order valence-electron chi connectivity index (χ2n) is 19.8. The van der Waals surface area contributed by atoms with Crippen LogP contribution in [0.15, 0.2) is 48.6 Å². The molecule has 0 bridgehead atoms. The molecule has 420 valence electrons. The van der Waals surface area contributed by atoms with Gasteiger partial charge in [0, 0.05) is 19.3 Å². The first-order valence-electron chi connectivity index (χ1n) is 29.5. The molecule has 2 N–H and O–H groups in total. The third kappa shape index (κ3) is 52.3. The van der Waals surface area contributed by atoms with Crippen molar-refractivity contribution >= 4 is 25.7 Å². The van der Waals surface area contributed by atoms with Crippen molar-refractivity contribution in [3.8, 4) is 0 Å². The van der Waals surface area contributed by atoms with Crippen LogP contribution in [0.3, 0.4) is 0 Å². The fourth-order valence-electron chi connectivity index (χ4n) is 8.24. The molecule has 3 atom stereocenters. The van der Waals surface area contributed by atoms with Crippen LogP contribution in [-0.4, -0.2) is 66.5 Å². The largest absolute Gasteiger partial charge is 0.472 e. The van der Waals surface area contributed by atoms with Gasteiger partial charge in [0.05, 0.1) is 19.8 Å². The number of unbranched alkanes of at least 4 members (excludes halogenated alkanes) is 30. The number of rotatable bonds is 55. The molecule has 0 amide bonds. The summed E-state index contributed by atoms with van der Waals surface area (Å²) < 4.78 is 39.5. The number of ether oxygens (including phenoxy) is 3. The van der Waals surface area contributed by atoms with Crippen LogP contribution in [0.4, 0.5) is 0 Å². The Balaban J connectivity index is 4.71. The number of aliphatic hydroxyl groups excluding tert-OH is 1. The molecule has 0 spiro atoms. The fourth-order valence-corrected chi connectivity index (χ4v) is 9.02. The highest BCUT2D eigenvalue weighted by Crippen LogP contribution is 2.43. The second-order valence-corrected chi connectivity index (χ2v) is 21.2. The van der Waals surface area contributed by atoms with Gasteiger partial charge in [0.2, 0.25) is 0 Å². The highest BCUT2D eigenvalue weighted by atomic mass is 31.2. The molecule has 0 aromatic rings. The van der Waals surface area contributed by atoms with Crippen molar-refractivity contribution < 1.29 is 52.2 Å². The first-order valence-corrected chi connectivity index (χ1v) is 31.0. The number of phosphoric ester groups is 1. The molecule has 0 aromatic heterocycles. The summed E-state index contributed by atoms with van der Waals surface area (Å²) >= 11 is 0. The average Bonchev–Trinajstić information content (AvgIpc) is 3.37. The zero-order valence-corrected chi connectivity index (χ0v) is 47.3. The minimum absolute atomic E-state index is 0.158. The second kappa shape index (κ2) is 54.7. The Bertz CT molecular complexity index is 1400. The van der Waals surface area contributed by atoms with Gasteiger partial charge in [0.15, 0.2) is 6.10 Å². The standard InChI is InChI=1S/C60H109O11P/c1-4-7-10-13-16-19-22-24-26-28-30-32-35-37-40-43-46-49-58(62)67-53-57(71-60(64)51-48-45-42-39-36-33-31-29-27-25-23-20-17-14-11-8-5-2)55-69-72(65,66)68-54-56(52-61)70-59(63)50-47-44-41-38-34-21-18-15-12-9-6-3/h8,11,15,17-18,20,25,27,56-57,61H,4-7,9-10,12-14,16,19,21-24,26,28-55H2,1-3H3,(H,65,66)/b11-8-,18-15-,20-17-,27-25-. The summed E-state index contributed by atoms with van der Waals surface area (Å²) in [6, 6.07) is 0. The van der Waals surface area contributed by atoms with Gasteiger partial charge in [0.1, 0.15) is 12.7 Å². The lowest BCUT2D eigenvalue weighted by Gasteiger charge is -2.21. The van der Waals surface area contributed by atoms with E-state index in [0.29, 0.717) is 19.3 Å². The molecule has 0 aliphatic heterocycles. The van der Waals surface area contributed by atoms with Gasteiger partial charge in [-0.3, -0.25) is 23.4 Å². The maximum atomic E-state index is 12.9. The lowest BCUT2D eigenvalue weighted by atomic mass is 10.0. The Morgan fingerprint density at radius 3 is 1.17 bits per heavy atom. The van der Waals surface area contributed by atoms with Crippen molar-refractivity contribution in [2.24, 2.45) is 0 Å². The Kier molecular flexibility index (Phi) is 52.7. The zero-order chi connectivity index (χ0) is 52.7. The maximum absolute atomic E-state index is 12.9. The molecule has 0 saturated carbocycles. The molecule has 0 rings (SSSR count). The summed E-state index contributed by atoms with van der Waals surface area (Å²) in [4.78, 5) is 48.5. The molecule has 0 heterocycles. The van der Waals surface area contributed by atoms with Crippen molar-refractivity contribution in [1.29, 1.82) is 0 Å². The Morgan fingerprint density at radius 1 is 0.403 bits per heavy atom.